The summed E-state index contributed by atoms with van der Waals surface area (Å²) in [4.78, 5) is 15.3. The number of thioether (sulfide) groups is 1. The van der Waals surface area contributed by atoms with Gasteiger partial charge in [-0.2, -0.15) is 0 Å². The second-order valence-corrected chi connectivity index (χ2v) is 8.05. The Bertz CT molecular complexity index is 786. The van der Waals surface area contributed by atoms with Gasteiger partial charge in [0.2, 0.25) is 0 Å². The summed E-state index contributed by atoms with van der Waals surface area (Å²) in [5.74, 6) is 1.34. The van der Waals surface area contributed by atoms with Crippen molar-refractivity contribution in [2.45, 2.75) is 37.3 Å². The molecule has 0 aromatic heterocycles. The topological polar surface area (TPSA) is 38.8 Å². The number of carbonyl (C=O) groups is 1. The minimum atomic E-state index is -0.231. The molecule has 0 radical (unpaired) electrons. The number of rotatable bonds is 6. The fraction of sp³-hybridized carbons (Fsp3) is 0.381. The van der Waals surface area contributed by atoms with Crippen LogP contribution in [0.3, 0.4) is 0 Å². The average Bonchev–Trinajstić information content (AvgIpc) is 2.94. The highest BCUT2D eigenvalue weighted by molar-refractivity contribution is 7.98. The van der Waals surface area contributed by atoms with Crippen molar-refractivity contribution < 1.29 is 14.3 Å². The van der Waals surface area contributed by atoms with E-state index in [4.69, 9.17) is 9.47 Å². The maximum Gasteiger partial charge on any atom is 0.260 e. The molecule has 0 spiro atoms. The third kappa shape index (κ3) is 4.33. The second-order valence-electron chi connectivity index (χ2n) is 7.17. The van der Waals surface area contributed by atoms with Crippen LogP contribution in [0, 0.1) is 0 Å². The molecular weight excluding hydrogens is 346 g/mol. The Hall–Kier alpha value is -2.14. The zero-order valence-electron chi connectivity index (χ0n) is 15.7. The van der Waals surface area contributed by atoms with Gasteiger partial charge in [-0.25, -0.2) is 0 Å². The molecule has 0 fully saturated rings. The third-order valence-electron chi connectivity index (χ3n) is 4.41. The van der Waals surface area contributed by atoms with E-state index in [1.807, 2.05) is 24.5 Å². The van der Waals surface area contributed by atoms with Gasteiger partial charge >= 0.3 is 0 Å². The molecule has 5 heteroatoms. The van der Waals surface area contributed by atoms with Crippen molar-refractivity contribution in [3.05, 3.63) is 53.6 Å². The number of ether oxygens (including phenoxy) is 2. The van der Waals surface area contributed by atoms with Crippen LogP contribution in [-0.4, -0.2) is 36.3 Å². The third-order valence-corrected chi connectivity index (χ3v) is 5.15. The fourth-order valence-corrected chi connectivity index (χ4v) is 3.45. The molecule has 0 saturated heterocycles. The lowest BCUT2D eigenvalue weighted by atomic mass is 10.0. The number of likely N-dealkylation sites (N-methyl/N-ethyl adjacent to an activating group) is 1. The van der Waals surface area contributed by atoms with Crippen LogP contribution >= 0.6 is 11.8 Å². The van der Waals surface area contributed by atoms with Gasteiger partial charge in [0, 0.05) is 30.5 Å². The van der Waals surface area contributed by atoms with Crippen LogP contribution in [0.1, 0.15) is 25.0 Å². The number of hydrogen-bond donors (Lipinski definition) is 0. The van der Waals surface area contributed by atoms with E-state index < -0.39 is 0 Å². The second kappa shape index (κ2) is 7.62. The molecular formula is C21H25NO3S. The average molecular weight is 372 g/mol. The summed E-state index contributed by atoms with van der Waals surface area (Å²) in [5.41, 5.74) is 2.00. The first-order valence-electron chi connectivity index (χ1n) is 8.68. The Labute approximate surface area is 159 Å². The Morgan fingerprint density at radius 1 is 1.23 bits per heavy atom. The highest BCUT2D eigenvalue weighted by Gasteiger charge is 2.32. The zero-order valence-corrected chi connectivity index (χ0v) is 16.6. The van der Waals surface area contributed by atoms with Crippen molar-refractivity contribution in [3.63, 3.8) is 0 Å². The normalized spacial score (nSPS) is 14.5. The lowest BCUT2D eigenvalue weighted by Gasteiger charge is -2.20. The Kier molecular flexibility index (Phi) is 5.47. The fourth-order valence-electron chi connectivity index (χ4n) is 3.04. The Balaban J connectivity index is 1.58. The van der Waals surface area contributed by atoms with Gasteiger partial charge < -0.3 is 14.4 Å². The summed E-state index contributed by atoms with van der Waals surface area (Å²) in [6.45, 7) is 4.67. The standard InChI is InChI=1S/C21H25NO3S/c1-21(2)12-16-6-5-7-18(20(16)25-21)24-14-19(23)22(3)13-15-8-10-17(26-4)11-9-15/h5-11H,12-14H2,1-4H3. The number of benzene rings is 2. The van der Waals surface area contributed by atoms with E-state index in [9.17, 15) is 4.79 Å². The number of fused-ring (bicyclic) bond motifs is 1. The number of carbonyl (C=O) groups excluding carboxylic acids is 1. The molecule has 1 heterocycles. The smallest absolute Gasteiger partial charge is 0.260 e. The van der Waals surface area contributed by atoms with Crippen molar-refractivity contribution in [2.75, 3.05) is 19.9 Å². The van der Waals surface area contributed by atoms with Gasteiger partial charge in [-0.3, -0.25) is 4.79 Å². The summed E-state index contributed by atoms with van der Waals surface area (Å²) in [7, 11) is 1.79. The molecule has 0 unspecified atom stereocenters. The van der Waals surface area contributed by atoms with Gasteiger partial charge in [0.25, 0.3) is 5.91 Å². The molecule has 0 N–H and O–H groups in total. The van der Waals surface area contributed by atoms with Crippen LogP contribution in [0.25, 0.3) is 0 Å². The van der Waals surface area contributed by atoms with Crippen molar-refractivity contribution in [3.8, 4) is 11.5 Å². The molecule has 1 aliphatic rings. The monoisotopic (exact) mass is 371 g/mol. The predicted octanol–water partition coefficient (Wildman–Crippen LogP) is 4.16. The van der Waals surface area contributed by atoms with Crippen molar-refractivity contribution in [1.82, 2.24) is 4.90 Å². The first-order valence-corrected chi connectivity index (χ1v) is 9.91. The lowest BCUT2D eigenvalue weighted by Crippen LogP contribution is -2.31. The van der Waals surface area contributed by atoms with Crippen molar-refractivity contribution >= 4 is 17.7 Å². The molecule has 1 amide bonds. The first-order chi connectivity index (χ1) is 12.4. The summed E-state index contributed by atoms with van der Waals surface area (Å²) < 4.78 is 11.8. The largest absolute Gasteiger partial charge is 0.483 e. The van der Waals surface area contributed by atoms with Crippen LogP contribution in [0.4, 0.5) is 0 Å². The summed E-state index contributed by atoms with van der Waals surface area (Å²) >= 11 is 1.71. The summed E-state index contributed by atoms with van der Waals surface area (Å²) in [5, 5.41) is 0. The lowest BCUT2D eigenvalue weighted by molar-refractivity contribution is -0.132. The maximum absolute atomic E-state index is 12.4. The van der Waals surface area contributed by atoms with E-state index in [2.05, 4.69) is 38.1 Å². The zero-order chi connectivity index (χ0) is 18.7. The first kappa shape index (κ1) is 18.6. The van der Waals surface area contributed by atoms with Crippen LogP contribution in [0.5, 0.6) is 11.5 Å². The van der Waals surface area contributed by atoms with E-state index >= 15 is 0 Å². The van der Waals surface area contributed by atoms with Crippen LogP contribution in [-0.2, 0) is 17.8 Å². The number of para-hydroxylation sites is 1. The van der Waals surface area contributed by atoms with Gasteiger partial charge in [0.05, 0.1) is 0 Å². The van der Waals surface area contributed by atoms with Crippen molar-refractivity contribution in [1.29, 1.82) is 0 Å². The summed E-state index contributed by atoms with van der Waals surface area (Å²) in [6.07, 6.45) is 2.90. The number of nitrogens with zero attached hydrogens (tertiary/aromatic N) is 1. The highest BCUT2D eigenvalue weighted by atomic mass is 32.2. The van der Waals surface area contributed by atoms with E-state index in [0.29, 0.717) is 12.3 Å². The van der Waals surface area contributed by atoms with E-state index in [0.717, 1.165) is 23.3 Å². The maximum atomic E-state index is 12.4. The quantitative estimate of drug-likeness (QED) is 0.715. The van der Waals surface area contributed by atoms with E-state index in [1.165, 1.54) is 4.90 Å². The van der Waals surface area contributed by atoms with Gasteiger partial charge in [0.1, 0.15) is 5.60 Å². The van der Waals surface area contributed by atoms with E-state index in [1.54, 1.807) is 23.7 Å². The minimum Gasteiger partial charge on any atom is -0.483 e. The summed E-state index contributed by atoms with van der Waals surface area (Å²) in [6, 6.07) is 14.1. The van der Waals surface area contributed by atoms with Gasteiger partial charge in [-0.1, -0.05) is 24.3 Å². The Morgan fingerprint density at radius 2 is 1.96 bits per heavy atom. The molecule has 4 nitrogen and oxygen atoms in total. The molecule has 0 aliphatic carbocycles. The van der Waals surface area contributed by atoms with E-state index in [-0.39, 0.29) is 18.1 Å². The van der Waals surface area contributed by atoms with Crippen LogP contribution in [0.15, 0.2) is 47.4 Å². The van der Waals surface area contributed by atoms with Gasteiger partial charge in [-0.15, -0.1) is 11.8 Å². The minimum absolute atomic E-state index is 0.000360. The SMILES string of the molecule is CSc1ccc(CN(C)C(=O)COc2cccc3c2OC(C)(C)C3)cc1. The van der Waals surface area contributed by atoms with Crippen molar-refractivity contribution in [2.24, 2.45) is 0 Å². The van der Waals surface area contributed by atoms with Crippen LogP contribution < -0.4 is 9.47 Å². The predicted molar refractivity (Wildman–Crippen MR) is 105 cm³/mol. The van der Waals surface area contributed by atoms with Crippen LogP contribution in [0.2, 0.25) is 0 Å². The molecule has 3 rings (SSSR count). The highest BCUT2D eigenvalue weighted by Crippen LogP contribution is 2.41. The molecule has 26 heavy (non-hydrogen) atoms. The number of hydrogen-bond acceptors (Lipinski definition) is 4. The molecule has 1 aliphatic heterocycles. The molecule has 138 valence electrons. The number of amides is 1. The molecule has 0 bridgehead atoms. The van der Waals surface area contributed by atoms with Gasteiger partial charge in [-0.05, 0) is 43.9 Å². The Morgan fingerprint density at radius 3 is 2.65 bits per heavy atom. The molecule has 0 atom stereocenters. The molecule has 0 saturated carbocycles. The van der Waals surface area contributed by atoms with Gasteiger partial charge in [0.15, 0.2) is 18.1 Å². The molecule has 2 aromatic carbocycles. The molecule has 2 aromatic rings.